The minimum atomic E-state index is -4.31. The minimum absolute atomic E-state index is 0.0293. The van der Waals surface area contributed by atoms with Crippen LogP contribution >= 0.6 is 23.1 Å². The summed E-state index contributed by atoms with van der Waals surface area (Å²) in [6.07, 6.45) is -2.83. The summed E-state index contributed by atoms with van der Waals surface area (Å²) in [6, 6.07) is 0.231. The van der Waals surface area contributed by atoms with Crippen LogP contribution in [0.1, 0.15) is 30.1 Å². The lowest BCUT2D eigenvalue weighted by molar-refractivity contribution is -0.136. The highest BCUT2D eigenvalue weighted by Crippen LogP contribution is 2.46. The number of rotatable bonds is 7. The molecule has 0 fully saturated rings. The summed E-state index contributed by atoms with van der Waals surface area (Å²) >= 11 is 0.352. The lowest BCUT2D eigenvalue weighted by atomic mass is 9.91. The highest BCUT2D eigenvalue weighted by atomic mass is 32.2. The molecule has 2 heterocycles. The second kappa shape index (κ2) is 8.65. The number of amides is 1. The largest absolute Gasteiger partial charge is 0.494 e. The number of carboxylic acid groups (broad SMARTS) is 1. The van der Waals surface area contributed by atoms with Gasteiger partial charge in [0.1, 0.15) is 0 Å². The fourth-order valence-corrected chi connectivity index (χ4v) is 5.31. The van der Waals surface area contributed by atoms with Crippen molar-refractivity contribution in [2.24, 2.45) is 0 Å². The van der Waals surface area contributed by atoms with Gasteiger partial charge in [-0.05, 0) is 42.8 Å². The van der Waals surface area contributed by atoms with Crippen LogP contribution in [0.3, 0.4) is 0 Å². The fourth-order valence-electron chi connectivity index (χ4n) is 3.49. The second-order valence-electron chi connectivity index (χ2n) is 6.68. The van der Waals surface area contributed by atoms with Crippen molar-refractivity contribution in [1.29, 1.82) is 0 Å². The van der Waals surface area contributed by atoms with Gasteiger partial charge in [0.25, 0.3) is 5.91 Å². The molecule has 1 N–H and O–H groups in total. The summed E-state index contributed by atoms with van der Waals surface area (Å²) in [7, 11) is 1.26. The van der Waals surface area contributed by atoms with Crippen molar-refractivity contribution in [3.8, 4) is 0 Å². The van der Waals surface area contributed by atoms with Gasteiger partial charge in [0, 0.05) is 16.7 Å². The molecule has 0 radical (unpaired) electrons. The zero-order chi connectivity index (χ0) is 23.1. The van der Waals surface area contributed by atoms with E-state index in [-0.39, 0.29) is 50.6 Å². The van der Waals surface area contributed by atoms with Crippen molar-refractivity contribution in [3.63, 3.8) is 0 Å². The summed E-state index contributed by atoms with van der Waals surface area (Å²) in [5.74, 6) is -2.74. The topological polar surface area (TPSA) is 66.8 Å². The predicted molar refractivity (Wildman–Crippen MR) is 104 cm³/mol. The number of thiophene rings is 1. The predicted octanol–water partition coefficient (Wildman–Crippen LogP) is 5.43. The second-order valence-corrected chi connectivity index (χ2v) is 9.04. The Kier molecular flexibility index (Phi) is 6.51. The van der Waals surface area contributed by atoms with Crippen LogP contribution in [0, 0.1) is 0 Å². The number of thioether (sulfide) groups is 1. The van der Waals surface area contributed by atoms with Gasteiger partial charge in [-0.15, -0.1) is 11.3 Å². The van der Waals surface area contributed by atoms with Crippen molar-refractivity contribution in [2.45, 2.75) is 41.7 Å². The summed E-state index contributed by atoms with van der Waals surface area (Å²) in [5, 5.41) is 6.16. The van der Waals surface area contributed by atoms with Gasteiger partial charge in [0.15, 0.2) is 11.6 Å². The number of fused-ring (bicyclic) bond motifs is 1. The van der Waals surface area contributed by atoms with Crippen molar-refractivity contribution >= 4 is 35.0 Å². The van der Waals surface area contributed by atoms with Crippen LogP contribution in [0.5, 0.6) is 0 Å². The monoisotopic (exact) mass is 481 g/mol. The first-order valence-electron chi connectivity index (χ1n) is 8.81. The Morgan fingerprint density at radius 1 is 1.42 bits per heavy atom. The zero-order valence-corrected chi connectivity index (χ0v) is 17.8. The molecule has 1 aliphatic heterocycles. The number of nitrogens with zero attached hydrogens (tertiary/aromatic N) is 1. The first kappa shape index (κ1) is 23.3. The number of alkyl halides is 4. The van der Waals surface area contributed by atoms with E-state index in [2.05, 4.69) is 0 Å². The lowest BCUT2D eigenvalue weighted by Gasteiger charge is -2.28. The third-order valence-electron chi connectivity index (χ3n) is 4.83. The molecule has 0 bridgehead atoms. The fraction of sp³-hybridized carbons (Fsp3) is 0.368. The molecule has 1 amide bonds. The van der Waals surface area contributed by atoms with E-state index in [1.807, 2.05) is 0 Å². The van der Waals surface area contributed by atoms with Crippen LogP contribution in [-0.2, 0) is 9.53 Å². The molecule has 1 unspecified atom stereocenters. The third-order valence-corrected chi connectivity index (χ3v) is 6.86. The van der Waals surface area contributed by atoms with Gasteiger partial charge in [-0.25, -0.2) is 13.2 Å². The zero-order valence-electron chi connectivity index (χ0n) is 16.1. The van der Waals surface area contributed by atoms with E-state index in [4.69, 9.17) is 4.74 Å². The van der Waals surface area contributed by atoms with Gasteiger partial charge >= 0.3 is 17.6 Å². The smallest absolute Gasteiger partial charge is 0.358 e. The normalized spacial score (nSPS) is 19.2. The van der Waals surface area contributed by atoms with E-state index < -0.39 is 41.8 Å². The number of carbonyl (C=O) groups excluding carboxylic acids is 1. The van der Waals surface area contributed by atoms with Crippen molar-refractivity contribution in [2.75, 3.05) is 7.11 Å². The minimum Gasteiger partial charge on any atom is -0.494 e. The number of carbonyl (C=O) groups is 2. The summed E-state index contributed by atoms with van der Waals surface area (Å²) in [4.78, 5) is 25.6. The molecule has 168 valence electrons. The van der Waals surface area contributed by atoms with Crippen molar-refractivity contribution in [3.05, 3.63) is 51.5 Å². The molecule has 1 aromatic heterocycles. The summed E-state index contributed by atoms with van der Waals surface area (Å²) in [6.45, 7) is 1.47. The standard InChI is InChI=1S/C19H16F5NO4S2/c1-8-10(6-13(26)27)15-11(3-4-12(29-2)16(15)20)25(8)17(28)9-5-14(30-7-9)31-19(23,24)18(21)22/h4-5,7,11,18H,3,6H2,1-2H3,(H,26,27). The highest BCUT2D eigenvalue weighted by molar-refractivity contribution is 8.02. The third kappa shape index (κ3) is 4.36. The average molecular weight is 481 g/mol. The van der Waals surface area contributed by atoms with E-state index in [1.54, 1.807) is 0 Å². The van der Waals surface area contributed by atoms with E-state index in [9.17, 15) is 36.6 Å². The molecule has 0 saturated carbocycles. The Morgan fingerprint density at radius 3 is 2.68 bits per heavy atom. The molecular formula is C19H16F5NO4S2. The number of halogens is 5. The quantitative estimate of drug-likeness (QED) is 0.416. The maximum Gasteiger partial charge on any atom is 0.358 e. The van der Waals surface area contributed by atoms with Gasteiger partial charge < -0.3 is 14.7 Å². The maximum atomic E-state index is 14.9. The van der Waals surface area contributed by atoms with E-state index >= 15 is 0 Å². The maximum absolute atomic E-state index is 14.9. The van der Waals surface area contributed by atoms with Gasteiger partial charge in [-0.2, -0.15) is 8.78 Å². The van der Waals surface area contributed by atoms with E-state index in [0.29, 0.717) is 11.3 Å². The van der Waals surface area contributed by atoms with Crippen molar-refractivity contribution < 1.29 is 41.4 Å². The van der Waals surface area contributed by atoms with Crippen LogP contribution in [0.4, 0.5) is 22.0 Å². The Labute approximate surface area is 181 Å². The van der Waals surface area contributed by atoms with Crippen molar-refractivity contribution in [1.82, 2.24) is 4.90 Å². The molecular weight excluding hydrogens is 465 g/mol. The number of allylic oxidation sites excluding steroid dienone is 2. The number of carboxylic acids is 1. The van der Waals surface area contributed by atoms with E-state index in [1.165, 1.54) is 30.4 Å². The first-order chi connectivity index (χ1) is 14.5. The summed E-state index contributed by atoms with van der Waals surface area (Å²) < 4.78 is 71.2. The average Bonchev–Trinajstić information content (AvgIpc) is 3.24. The molecule has 1 aromatic rings. The summed E-state index contributed by atoms with van der Waals surface area (Å²) in [5.41, 5.74) is 0.322. The molecule has 1 atom stereocenters. The van der Waals surface area contributed by atoms with Crippen LogP contribution < -0.4 is 0 Å². The number of aliphatic carboxylic acids is 1. The molecule has 2 aliphatic rings. The molecule has 1 aliphatic carbocycles. The molecule has 0 saturated heterocycles. The van der Waals surface area contributed by atoms with Gasteiger partial charge in [-0.3, -0.25) is 9.59 Å². The highest BCUT2D eigenvalue weighted by Gasteiger charge is 2.44. The van der Waals surface area contributed by atoms with Gasteiger partial charge in [0.2, 0.25) is 0 Å². The van der Waals surface area contributed by atoms with Crippen LogP contribution in [0.25, 0.3) is 0 Å². The number of methoxy groups -OCH3 is 1. The Bertz CT molecular complexity index is 1010. The SMILES string of the molecule is COC1=CCC2C(=C1F)C(CC(=O)O)=C(C)N2C(=O)c1csc(SC(F)(F)C(F)F)c1. The van der Waals surface area contributed by atoms with Gasteiger partial charge in [-0.1, -0.05) is 0 Å². The molecule has 31 heavy (non-hydrogen) atoms. The number of hydrogen-bond donors (Lipinski definition) is 1. The van der Waals surface area contributed by atoms with Crippen LogP contribution in [0.2, 0.25) is 0 Å². The molecule has 12 heteroatoms. The Hall–Kier alpha value is -2.34. The number of hydrogen-bond acceptors (Lipinski definition) is 5. The van der Waals surface area contributed by atoms with E-state index in [0.717, 1.165) is 6.07 Å². The Morgan fingerprint density at radius 2 is 2.10 bits per heavy atom. The van der Waals surface area contributed by atoms with Crippen LogP contribution in [0.15, 0.2) is 50.2 Å². The first-order valence-corrected chi connectivity index (χ1v) is 10.5. The lowest BCUT2D eigenvalue weighted by Crippen LogP contribution is -2.36. The van der Waals surface area contributed by atoms with Crippen LogP contribution in [-0.4, -0.2) is 46.7 Å². The van der Waals surface area contributed by atoms with Gasteiger partial charge in [0.05, 0.1) is 29.3 Å². The Balaban J connectivity index is 1.96. The molecule has 0 aromatic carbocycles. The number of ether oxygens (including phenoxy) is 1. The molecule has 0 spiro atoms. The molecule has 5 nitrogen and oxygen atoms in total. The molecule has 3 rings (SSSR count).